The highest BCUT2D eigenvalue weighted by atomic mass is 31.3. The number of nitrogens with two attached hydrogens (primary N) is 1. The number of fused-ring (bicyclic) bond motifs is 1. The van der Waals surface area contributed by atoms with Gasteiger partial charge in [-0.25, -0.2) is 9.29 Å². The van der Waals surface area contributed by atoms with Crippen molar-refractivity contribution in [3.8, 4) is 0 Å². The molecule has 20 nitrogen and oxygen atoms in total. The van der Waals surface area contributed by atoms with Gasteiger partial charge in [0, 0.05) is 0 Å². The highest BCUT2D eigenvalue weighted by Crippen LogP contribution is 2.57. The van der Waals surface area contributed by atoms with Crippen LogP contribution in [0.1, 0.15) is 13.2 Å². The van der Waals surface area contributed by atoms with Gasteiger partial charge in [0.15, 0.2) is 23.7 Å². The molecule has 2 saturated heterocycles. The molecule has 0 aliphatic carbocycles. The molecule has 22 heteroatoms. The fraction of sp³-hybridized carbons (Fsp3) is 0.688. The summed E-state index contributed by atoms with van der Waals surface area (Å²) in [6, 6.07) is 0. The Morgan fingerprint density at radius 3 is 2.45 bits per heavy atom. The van der Waals surface area contributed by atoms with E-state index in [0.717, 1.165) is 10.9 Å². The predicted octanol–water partition coefficient (Wildman–Crippen LogP) is -4.86. The number of nitrogen functional groups attached to an aromatic ring is 1. The molecule has 0 saturated carbocycles. The van der Waals surface area contributed by atoms with Crippen molar-refractivity contribution in [2.24, 2.45) is 0 Å². The summed E-state index contributed by atoms with van der Waals surface area (Å²) >= 11 is 0. The van der Waals surface area contributed by atoms with Crippen molar-refractivity contribution in [2.45, 2.75) is 62.2 Å². The van der Waals surface area contributed by atoms with Crippen LogP contribution in [0.5, 0.6) is 0 Å². The Kier molecular flexibility index (Phi) is 8.12. The van der Waals surface area contributed by atoms with Crippen molar-refractivity contribution in [1.29, 1.82) is 0 Å². The monoisotopic (exact) mass is 587 g/mol. The lowest BCUT2D eigenvalue weighted by Gasteiger charge is -2.41. The molecular formula is C16H23N5O15P2-2. The minimum absolute atomic E-state index is 0.120. The lowest BCUT2D eigenvalue weighted by Crippen LogP contribution is -2.57. The van der Waals surface area contributed by atoms with Crippen LogP contribution in [-0.2, 0) is 32.0 Å². The summed E-state index contributed by atoms with van der Waals surface area (Å²) in [6.45, 7) is 0.168. The number of nitrogens with one attached hydrogen (secondary N) is 1. The number of aliphatic hydroxyl groups is 5. The molecule has 38 heavy (non-hydrogen) atoms. The molecule has 8 N–H and O–H groups in total. The van der Waals surface area contributed by atoms with Gasteiger partial charge in [-0.15, -0.1) is 0 Å². The molecule has 2 aliphatic heterocycles. The molecule has 2 aromatic heterocycles. The molecule has 0 radical (unpaired) electrons. The number of anilines is 1. The third-order valence-electron chi connectivity index (χ3n) is 5.70. The number of hydrogen-bond donors (Lipinski definition) is 7. The smallest absolute Gasteiger partial charge is 0.280 e. The van der Waals surface area contributed by atoms with Gasteiger partial charge in [-0.05, 0) is 6.92 Å². The zero-order valence-corrected chi connectivity index (χ0v) is 20.9. The second-order valence-corrected chi connectivity index (χ2v) is 11.3. The molecule has 4 rings (SSSR count). The summed E-state index contributed by atoms with van der Waals surface area (Å²) in [7, 11) is -11.6. The van der Waals surface area contributed by atoms with Gasteiger partial charge < -0.3 is 55.1 Å². The van der Waals surface area contributed by atoms with E-state index in [9.17, 15) is 49.2 Å². The van der Waals surface area contributed by atoms with Gasteiger partial charge in [0.25, 0.3) is 21.2 Å². The fourth-order valence-corrected chi connectivity index (χ4v) is 5.86. The third-order valence-corrected chi connectivity index (χ3v) is 8.23. The molecule has 0 bridgehead atoms. The number of hydrogen-bond acceptors (Lipinski definition) is 18. The zero-order valence-electron chi connectivity index (χ0n) is 19.1. The van der Waals surface area contributed by atoms with Crippen LogP contribution in [0, 0.1) is 0 Å². The van der Waals surface area contributed by atoms with Crippen LogP contribution < -0.4 is 21.1 Å². The molecule has 3 unspecified atom stereocenters. The van der Waals surface area contributed by atoms with E-state index in [-0.39, 0.29) is 17.1 Å². The lowest BCUT2D eigenvalue weighted by molar-refractivity contribution is -0.299. The highest BCUT2D eigenvalue weighted by Gasteiger charge is 2.46. The van der Waals surface area contributed by atoms with Crippen molar-refractivity contribution in [3.05, 3.63) is 16.7 Å². The van der Waals surface area contributed by atoms with Crippen molar-refractivity contribution in [3.63, 3.8) is 0 Å². The van der Waals surface area contributed by atoms with E-state index >= 15 is 0 Å². The summed E-state index contributed by atoms with van der Waals surface area (Å²) in [4.78, 5) is 46.1. The Balaban J connectivity index is 1.39. The van der Waals surface area contributed by atoms with Crippen molar-refractivity contribution >= 4 is 32.8 Å². The van der Waals surface area contributed by atoms with E-state index in [4.69, 9.17) is 15.2 Å². The number of aromatic nitrogens is 4. The van der Waals surface area contributed by atoms with Crippen molar-refractivity contribution < 1.29 is 67.3 Å². The Morgan fingerprint density at radius 2 is 1.76 bits per heavy atom. The van der Waals surface area contributed by atoms with Gasteiger partial charge in [0.05, 0.1) is 19.0 Å². The maximum Gasteiger partial charge on any atom is 0.280 e. The van der Waals surface area contributed by atoms with Crippen LogP contribution in [0.3, 0.4) is 0 Å². The number of nitrogens with zero attached hydrogens (tertiary/aromatic N) is 3. The molecule has 2 aliphatic rings. The quantitative estimate of drug-likeness (QED) is 0.142. The maximum atomic E-state index is 12.1. The summed E-state index contributed by atoms with van der Waals surface area (Å²) in [5, 5.41) is 49.9. The van der Waals surface area contributed by atoms with E-state index in [1.54, 1.807) is 0 Å². The summed E-state index contributed by atoms with van der Waals surface area (Å²) in [5.41, 5.74) is 4.52. The lowest BCUT2D eigenvalue weighted by atomic mass is 10.0. The number of imidazole rings is 1. The summed E-state index contributed by atoms with van der Waals surface area (Å²) in [6.07, 6.45) is -14.3. The standard InChI is InChI=1S/C16H25N5O15P2/c1-4-7(22)9(24)11(26)15(33-4)35-38(30,31)36-37(28,29)32-2-5-8(23)10(25)14(34-5)21-3-18-6-12(21)19-16(17)20-13(6)27/h3-5,7-11,14-15,22-26H,2H2,1H3,(H,28,29)(H,30,31)(H3,17,19,20,27)/p-2/t4-,5+,7+,8+,9+,10+,11-,14+,15?/m0/s1. The van der Waals surface area contributed by atoms with Crippen LogP contribution in [-0.4, -0.2) is 101 Å². The summed E-state index contributed by atoms with van der Waals surface area (Å²) < 4.78 is 48.3. The number of rotatable bonds is 8. The Hall–Kier alpha value is -1.87. The van der Waals surface area contributed by atoms with Gasteiger partial charge in [-0.2, -0.15) is 4.98 Å². The molecular weight excluding hydrogens is 564 g/mol. The molecule has 4 heterocycles. The first-order valence-electron chi connectivity index (χ1n) is 10.7. The first kappa shape index (κ1) is 29.1. The number of phosphoric ester groups is 2. The van der Waals surface area contributed by atoms with Gasteiger partial charge in [-0.3, -0.25) is 28.0 Å². The van der Waals surface area contributed by atoms with Gasteiger partial charge in [0.2, 0.25) is 5.95 Å². The molecule has 2 aromatic rings. The Bertz CT molecular complexity index is 1320. The minimum Gasteiger partial charge on any atom is -0.756 e. The second-order valence-electron chi connectivity index (χ2n) is 8.38. The maximum absolute atomic E-state index is 12.1. The van der Waals surface area contributed by atoms with E-state index in [0.29, 0.717) is 0 Å². The van der Waals surface area contributed by atoms with Gasteiger partial charge >= 0.3 is 0 Å². The average molecular weight is 587 g/mol. The van der Waals surface area contributed by atoms with E-state index in [1.165, 1.54) is 6.92 Å². The van der Waals surface area contributed by atoms with Crippen LogP contribution in [0.25, 0.3) is 11.2 Å². The largest absolute Gasteiger partial charge is 0.756 e. The first-order chi connectivity index (χ1) is 17.6. The zero-order chi connectivity index (χ0) is 28.2. The van der Waals surface area contributed by atoms with Gasteiger partial charge in [0.1, 0.15) is 36.6 Å². The normalized spacial score (nSPS) is 37.2. The predicted molar refractivity (Wildman–Crippen MR) is 114 cm³/mol. The third kappa shape index (κ3) is 5.83. The van der Waals surface area contributed by atoms with E-state index in [2.05, 4.69) is 28.3 Å². The number of aliphatic hydroxyl groups excluding tert-OH is 5. The SMILES string of the molecule is C[C@@H]1OC(OP(=O)([O-])OP(=O)([O-])OC[C@H]2O[C@@H](n3cnc4c(=O)[nH]c(N)nc43)[C@H](O)[C@@H]2O)[C@@H](O)[C@H](O)[C@@H]1O. The Morgan fingerprint density at radius 1 is 1.08 bits per heavy atom. The van der Waals surface area contributed by atoms with Crippen LogP contribution in [0.15, 0.2) is 11.1 Å². The van der Waals surface area contributed by atoms with E-state index < -0.39 is 83.1 Å². The highest BCUT2D eigenvalue weighted by molar-refractivity contribution is 7.59. The molecule has 11 atom stereocenters. The first-order valence-corrected chi connectivity index (χ1v) is 13.6. The number of ether oxygens (including phenoxy) is 2. The second kappa shape index (κ2) is 10.6. The van der Waals surface area contributed by atoms with E-state index in [1.807, 2.05) is 0 Å². The topological polar surface area (TPSA) is 317 Å². The van der Waals surface area contributed by atoms with Crippen molar-refractivity contribution in [2.75, 3.05) is 12.3 Å². The fourth-order valence-electron chi connectivity index (χ4n) is 3.78. The average Bonchev–Trinajstić information content (AvgIpc) is 3.35. The number of phosphoric acid groups is 2. The molecule has 0 amide bonds. The molecule has 0 aromatic carbocycles. The van der Waals surface area contributed by atoms with Crippen LogP contribution in [0.2, 0.25) is 0 Å². The van der Waals surface area contributed by atoms with Crippen LogP contribution >= 0.6 is 15.6 Å². The van der Waals surface area contributed by atoms with Gasteiger partial charge in [-0.1, -0.05) is 0 Å². The Labute approximate surface area is 211 Å². The van der Waals surface area contributed by atoms with Crippen LogP contribution in [0.4, 0.5) is 5.95 Å². The van der Waals surface area contributed by atoms with Crippen molar-refractivity contribution in [1.82, 2.24) is 19.5 Å². The summed E-state index contributed by atoms with van der Waals surface area (Å²) in [5.74, 6) is -0.280. The minimum atomic E-state index is -5.82. The molecule has 0 spiro atoms. The molecule has 2 fully saturated rings. The number of H-pyrrole nitrogens is 1. The molecule has 214 valence electrons. The number of aromatic amines is 1.